The van der Waals surface area contributed by atoms with Gasteiger partial charge in [0.25, 0.3) is 0 Å². The number of hydrogen-bond acceptors (Lipinski definition) is 14. The third-order valence-electron chi connectivity index (χ3n) is 15.2. The van der Waals surface area contributed by atoms with Crippen LogP contribution in [0.3, 0.4) is 0 Å². The maximum absolute atomic E-state index is 13.2. The molecule has 1 unspecified atom stereocenters. The first-order valence-electron chi connectivity index (χ1n) is 32.0. The average molecular weight is 1160 g/mol. The lowest BCUT2D eigenvalue weighted by Crippen LogP contribution is -2.42. The van der Waals surface area contributed by atoms with E-state index in [2.05, 4.69) is 55.0 Å². The third-order valence-corrected chi connectivity index (χ3v) is 15.4. The molecule has 0 aliphatic carbocycles. The number of carbonyl (C=O) groups is 5. The van der Waals surface area contributed by atoms with Gasteiger partial charge in [-0.1, -0.05) is 213 Å². The first kappa shape index (κ1) is 70.8. The molecular formula is C66H108ClN3O11. The van der Waals surface area contributed by atoms with Crippen LogP contribution >= 0.6 is 11.6 Å². The fourth-order valence-electron chi connectivity index (χ4n) is 10.4. The highest BCUT2D eigenvalue weighted by Crippen LogP contribution is 2.36. The highest BCUT2D eigenvalue weighted by Gasteiger charge is 2.27. The van der Waals surface area contributed by atoms with E-state index < -0.39 is 36.7 Å². The second kappa shape index (κ2) is 45.1. The van der Waals surface area contributed by atoms with Crippen molar-refractivity contribution in [1.29, 1.82) is 0 Å². The number of ether oxygens (including phenoxy) is 6. The molecule has 1 aliphatic heterocycles. The van der Waals surface area contributed by atoms with Crippen molar-refractivity contribution in [3.05, 3.63) is 47.2 Å². The van der Waals surface area contributed by atoms with Gasteiger partial charge >= 0.3 is 29.8 Å². The van der Waals surface area contributed by atoms with Gasteiger partial charge in [-0.3, -0.25) is 24.0 Å². The highest BCUT2D eigenvalue weighted by atomic mass is 35.5. The highest BCUT2D eigenvalue weighted by molar-refractivity contribution is 6.29. The summed E-state index contributed by atoms with van der Waals surface area (Å²) >= 11 is 6.11. The lowest BCUT2D eigenvalue weighted by molar-refractivity contribution is -0.170. The van der Waals surface area contributed by atoms with Gasteiger partial charge in [-0.2, -0.15) is 0 Å². The van der Waals surface area contributed by atoms with Crippen LogP contribution in [0.5, 0.6) is 0 Å². The number of nitrogens with zero attached hydrogens (tertiary/aromatic N) is 2. The number of benzene rings is 1. The van der Waals surface area contributed by atoms with Crippen LogP contribution in [-0.2, 0) is 52.4 Å². The Bertz CT molecular complexity index is 1950. The zero-order valence-corrected chi connectivity index (χ0v) is 51.9. The van der Waals surface area contributed by atoms with E-state index in [0.29, 0.717) is 43.2 Å². The van der Waals surface area contributed by atoms with E-state index in [9.17, 15) is 24.0 Å². The number of halogens is 1. The summed E-state index contributed by atoms with van der Waals surface area (Å²) in [5, 5.41) is 3.95. The SMILES string of the molecule is CCCCCCCCCCCCCCCC(=O)OCC(COC(=O)CCCCCCCCCCCCCCC)OC(=O)CC(C)CC(=O)OCOC(=O)C[C@@H](C)c1ccc(N(CC(C)C)C2CCOCC2)c(Nc2ccc(Cl)nc2)c1. The van der Waals surface area contributed by atoms with Crippen molar-refractivity contribution in [2.75, 3.05) is 50.0 Å². The third kappa shape index (κ3) is 34.7. The monoisotopic (exact) mass is 1150 g/mol. The zero-order valence-electron chi connectivity index (χ0n) is 51.2. The van der Waals surface area contributed by atoms with E-state index >= 15 is 0 Å². The number of esters is 5. The number of unbranched alkanes of at least 4 members (excludes halogenated alkanes) is 24. The molecule has 460 valence electrons. The van der Waals surface area contributed by atoms with Crippen LogP contribution < -0.4 is 10.2 Å². The Morgan fingerprint density at radius 1 is 0.593 bits per heavy atom. The van der Waals surface area contributed by atoms with Crippen LogP contribution in [0.1, 0.15) is 265 Å². The minimum absolute atomic E-state index is 0.0431. The Hall–Kier alpha value is -4.43. The molecule has 0 radical (unpaired) electrons. The quantitative estimate of drug-likeness (QED) is 0.0218. The predicted octanol–water partition coefficient (Wildman–Crippen LogP) is 17.0. The standard InChI is InChI=1S/C66H108ClN3O11/c1-7-9-11-13-15-17-19-21-23-25-27-29-31-33-62(71)77-49-58(50-78-63(72)34-32-30-28-26-24-22-20-18-16-14-12-10-8-2)81-66(75)44-53(5)43-64(73)79-51-80-65(74)45-54(6)55-35-37-60(59(46-55)69-56-36-38-61(67)68-47-56)70(48-52(3)4)57-39-41-76-42-40-57/h35-38,46-47,52-54,57-58,69H,7-34,39-45,48-51H2,1-6H3/t53?,54-/m1/s1. The summed E-state index contributed by atoms with van der Waals surface area (Å²) in [6.45, 7) is 13.8. The number of rotatable bonds is 48. The number of carbonyl (C=O) groups excluding carboxylic acids is 5. The molecule has 0 amide bonds. The fourth-order valence-corrected chi connectivity index (χ4v) is 10.5. The van der Waals surface area contributed by atoms with Crippen LogP contribution in [0, 0.1) is 11.8 Å². The molecule has 15 heteroatoms. The molecule has 3 rings (SSSR count). The topological polar surface area (TPSA) is 169 Å². The smallest absolute Gasteiger partial charge is 0.309 e. The van der Waals surface area contributed by atoms with Crippen LogP contribution in [0.25, 0.3) is 0 Å². The normalized spacial score (nSPS) is 13.4. The van der Waals surface area contributed by atoms with Gasteiger partial charge in [0, 0.05) is 51.5 Å². The molecule has 2 aromatic rings. The summed E-state index contributed by atoms with van der Waals surface area (Å²) < 4.78 is 33.1. The van der Waals surface area contributed by atoms with Gasteiger partial charge in [-0.15, -0.1) is 0 Å². The summed E-state index contributed by atoms with van der Waals surface area (Å²) in [6, 6.07) is 10.1. The second-order valence-electron chi connectivity index (χ2n) is 23.4. The molecule has 81 heavy (non-hydrogen) atoms. The Morgan fingerprint density at radius 2 is 1.06 bits per heavy atom. The molecule has 1 aromatic heterocycles. The number of pyridine rings is 1. The Labute approximate surface area is 494 Å². The summed E-state index contributed by atoms with van der Waals surface area (Å²) in [5.74, 6) is -2.89. The Kier molecular flexibility index (Phi) is 39.4. The molecule has 0 spiro atoms. The minimum atomic E-state index is -0.997. The van der Waals surface area contributed by atoms with Crippen molar-refractivity contribution in [2.24, 2.45) is 11.8 Å². The molecule has 1 aromatic carbocycles. The van der Waals surface area contributed by atoms with Crippen molar-refractivity contribution >= 4 is 58.5 Å². The van der Waals surface area contributed by atoms with Gasteiger partial charge in [0.2, 0.25) is 6.79 Å². The molecule has 1 fully saturated rings. The number of aromatic nitrogens is 1. The maximum atomic E-state index is 13.2. The van der Waals surface area contributed by atoms with Gasteiger partial charge in [0.1, 0.15) is 18.4 Å². The molecule has 1 saturated heterocycles. The van der Waals surface area contributed by atoms with E-state index in [4.69, 9.17) is 40.0 Å². The summed E-state index contributed by atoms with van der Waals surface area (Å²) in [5.41, 5.74) is 3.62. The second-order valence-corrected chi connectivity index (χ2v) is 23.8. The van der Waals surface area contributed by atoms with Gasteiger partial charge < -0.3 is 38.6 Å². The molecule has 0 saturated carbocycles. The minimum Gasteiger partial charge on any atom is -0.462 e. The van der Waals surface area contributed by atoms with Gasteiger partial charge in [-0.05, 0) is 73.3 Å². The lowest BCUT2D eigenvalue weighted by atomic mass is 9.95. The van der Waals surface area contributed by atoms with Crippen LogP contribution in [0.2, 0.25) is 5.15 Å². The molecular weight excluding hydrogens is 1050 g/mol. The van der Waals surface area contributed by atoms with Crippen molar-refractivity contribution in [3.8, 4) is 0 Å². The first-order valence-corrected chi connectivity index (χ1v) is 32.3. The van der Waals surface area contributed by atoms with Crippen LogP contribution in [-0.4, -0.2) is 86.7 Å². The summed E-state index contributed by atoms with van der Waals surface area (Å²) in [6.07, 6.45) is 34.1. The zero-order chi connectivity index (χ0) is 58.7. The van der Waals surface area contributed by atoms with Crippen molar-refractivity contribution < 1.29 is 52.4 Å². The molecule has 14 nitrogen and oxygen atoms in total. The van der Waals surface area contributed by atoms with E-state index in [1.54, 1.807) is 19.2 Å². The predicted molar refractivity (Wildman–Crippen MR) is 326 cm³/mol. The summed E-state index contributed by atoms with van der Waals surface area (Å²) in [7, 11) is 0. The van der Waals surface area contributed by atoms with Gasteiger partial charge in [-0.25, -0.2) is 4.98 Å². The van der Waals surface area contributed by atoms with Crippen molar-refractivity contribution in [3.63, 3.8) is 0 Å². The molecule has 1 aliphatic rings. The maximum Gasteiger partial charge on any atom is 0.309 e. The van der Waals surface area contributed by atoms with E-state index in [1.807, 2.05) is 19.1 Å². The molecule has 0 bridgehead atoms. The van der Waals surface area contributed by atoms with E-state index in [-0.39, 0.29) is 63.2 Å². The van der Waals surface area contributed by atoms with E-state index in [0.717, 1.165) is 80.5 Å². The lowest BCUT2D eigenvalue weighted by Gasteiger charge is -2.38. The van der Waals surface area contributed by atoms with Crippen molar-refractivity contribution in [1.82, 2.24) is 4.98 Å². The Morgan fingerprint density at radius 3 is 1.53 bits per heavy atom. The average Bonchev–Trinajstić information content (AvgIpc) is 3.46. The van der Waals surface area contributed by atoms with Crippen LogP contribution in [0.4, 0.5) is 17.1 Å². The van der Waals surface area contributed by atoms with E-state index in [1.165, 1.54) is 116 Å². The molecule has 2 heterocycles. The van der Waals surface area contributed by atoms with Crippen molar-refractivity contribution in [2.45, 2.75) is 271 Å². The number of anilines is 3. The number of hydrogen-bond donors (Lipinski definition) is 1. The van der Waals surface area contributed by atoms with Gasteiger partial charge in [0.15, 0.2) is 6.10 Å². The largest absolute Gasteiger partial charge is 0.462 e. The van der Waals surface area contributed by atoms with Crippen LogP contribution in [0.15, 0.2) is 36.5 Å². The summed E-state index contributed by atoms with van der Waals surface area (Å²) in [4.78, 5) is 71.5. The number of nitrogens with one attached hydrogen (secondary N) is 1. The first-order chi connectivity index (χ1) is 39.3. The Balaban J connectivity index is 1.45. The molecule has 1 N–H and O–H groups in total. The fraction of sp³-hybridized carbons (Fsp3) is 0.758. The molecule has 2 atom stereocenters. The van der Waals surface area contributed by atoms with Gasteiger partial charge in [0.05, 0.1) is 29.7 Å².